The maximum Gasteiger partial charge on any atom is 0.141 e. The fourth-order valence-electron chi connectivity index (χ4n) is 1.39. The molecular formula is C9H11ClN4S. The number of nitrogens with zero attached hydrogens (tertiary/aromatic N) is 3. The van der Waals surface area contributed by atoms with Crippen molar-refractivity contribution in [2.75, 3.05) is 5.73 Å². The van der Waals surface area contributed by atoms with E-state index in [0.717, 1.165) is 10.7 Å². The number of nitrogens with two attached hydrogens (primary N) is 1. The van der Waals surface area contributed by atoms with Crippen molar-refractivity contribution in [1.29, 1.82) is 0 Å². The van der Waals surface area contributed by atoms with Crippen molar-refractivity contribution in [1.82, 2.24) is 14.8 Å². The average molecular weight is 243 g/mol. The lowest BCUT2D eigenvalue weighted by Crippen LogP contribution is -2.11. The smallest absolute Gasteiger partial charge is 0.141 e. The fourth-order valence-corrected chi connectivity index (χ4v) is 2.19. The highest BCUT2D eigenvalue weighted by molar-refractivity contribution is 7.09. The zero-order valence-electron chi connectivity index (χ0n) is 8.44. The minimum absolute atomic E-state index is 0.0243. The van der Waals surface area contributed by atoms with Gasteiger partial charge in [0.15, 0.2) is 0 Å². The molecule has 0 spiro atoms. The standard InChI is InChI=1S/C9H11ClN4S/c1-5-7(10)8(11)14(13-5)6(2)9-12-3-4-15-9/h3-4,6H,11H2,1-2H3. The molecule has 0 radical (unpaired) electrons. The van der Waals surface area contributed by atoms with Crippen LogP contribution in [0.25, 0.3) is 0 Å². The Labute approximate surface area is 96.7 Å². The first-order valence-electron chi connectivity index (χ1n) is 4.50. The van der Waals surface area contributed by atoms with Gasteiger partial charge >= 0.3 is 0 Å². The summed E-state index contributed by atoms with van der Waals surface area (Å²) in [7, 11) is 0. The molecule has 2 aromatic heterocycles. The Hall–Kier alpha value is -1.07. The van der Waals surface area contributed by atoms with Crippen LogP contribution in [-0.2, 0) is 0 Å². The summed E-state index contributed by atoms with van der Waals surface area (Å²) in [6.45, 7) is 3.84. The highest BCUT2D eigenvalue weighted by Crippen LogP contribution is 2.28. The Morgan fingerprint density at radius 1 is 1.60 bits per heavy atom. The third kappa shape index (κ3) is 1.72. The molecule has 1 unspecified atom stereocenters. The molecule has 0 aromatic carbocycles. The molecule has 0 saturated heterocycles. The SMILES string of the molecule is Cc1nn(C(C)c2nccs2)c(N)c1Cl. The van der Waals surface area contributed by atoms with E-state index in [-0.39, 0.29) is 6.04 Å². The van der Waals surface area contributed by atoms with Crippen LogP contribution in [0.15, 0.2) is 11.6 Å². The van der Waals surface area contributed by atoms with Crippen LogP contribution in [0, 0.1) is 6.92 Å². The van der Waals surface area contributed by atoms with Crippen molar-refractivity contribution in [3.05, 3.63) is 27.3 Å². The van der Waals surface area contributed by atoms with Crippen molar-refractivity contribution < 1.29 is 0 Å². The molecule has 0 saturated carbocycles. The Kier molecular flexibility index (Phi) is 2.67. The summed E-state index contributed by atoms with van der Waals surface area (Å²) in [5.41, 5.74) is 6.60. The second kappa shape index (κ2) is 3.83. The minimum atomic E-state index is 0.0243. The summed E-state index contributed by atoms with van der Waals surface area (Å²) in [4.78, 5) is 4.23. The molecule has 2 N–H and O–H groups in total. The second-order valence-electron chi connectivity index (χ2n) is 3.28. The highest BCUT2D eigenvalue weighted by Gasteiger charge is 2.17. The third-order valence-corrected chi connectivity index (χ3v) is 3.64. The number of aromatic nitrogens is 3. The first kappa shape index (κ1) is 10.4. The lowest BCUT2D eigenvalue weighted by molar-refractivity contribution is 0.566. The Morgan fingerprint density at radius 2 is 2.33 bits per heavy atom. The summed E-state index contributed by atoms with van der Waals surface area (Å²) >= 11 is 7.56. The molecule has 0 aliphatic rings. The normalized spacial score (nSPS) is 13.0. The van der Waals surface area contributed by atoms with Gasteiger partial charge in [-0.1, -0.05) is 11.6 Å². The van der Waals surface area contributed by atoms with Gasteiger partial charge < -0.3 is 5.73 Å². The first-order chi connectivity index (χ1) is 7.11. The summed E-state index contributed by atoms with van der Waals surface area (Å²) in [5.74, 6) is 0.497. The lowest BCUT2D eigenvalue weighted by Gasteiger charge is -2.10. The molecule has 15 heavy (non-hydrogen) atoms. The maximum atomic E-state index is 5.98. The molecule has 0 amide bonds. The van der Waals surface area contributed by atoms with Gasteiger partial charge in [-0.25, -0.2) is 9.67 Å². The number of hydrogen-bond acceptors (Lipinski definition) is 4. The van der Waals surface area contributed by atoms with Crippen molar-refractivity contribution in [2.45, 2.75) is 19.9 Å². The zero-order chi connectivity index (χ0) is 11.0. The number of nitrogen functional groups attached to an aromatic ring is 1. The summed E-state index contributed by atoms with van der Waals surface area (Å²) in [6, 6.07) is 0.0243. The van der Waals surface area contributed by atoms with E-state index in [2.05, 4.69) is 10.1 Å². The van der Waals surface area contributed by atoms with E-state index in [0.29, 0.717) is 10.8 Å². The monoisotopic (exact) mass is 242 g/mol. The minimum Gasteiger partial charge on any atom is -0.383 e. The van der Waals surface area contributed by atoms with Crippen LogP contribution in [0.4, 0.5) is 5.82 Å². The number of rotatable bonds is 2. The molecule has 2 rings (SSSR count). The molecule has 0 fully saturated rings. The largest absolute Gasteiger partial charge is 0.383 e. The fraction of sp³-hybridized carbons (Fsp3) is 0.333. The van der Waals surface area contributed by atoms with Gasteiger partial charge in [0, 0.05) is 11.6 Å². The topological polar surface area (TPSA) is 56.7 Å². The number of thiazole rings is 1. The van der Waals surface area contributed by atoms with Crippen LogP contribution < -0.4 is 5.73 Å². The van der Waals surface area contributed by atoms with Gasteiger partial charge in [0.1, 0.15) is 21.9 Å². The molecule has 2 aromatic rings. The van der Waals surface area contributed by atoms with Gasteiger partial charge in [-0.2, -0.15) is 5.10 Å². The van der Waals surface area contributed by atoms with Crippen LogP contribution >= 0.6 is 22.9 Å². The number of anilines is 1. The van der Waals surface area contributed by atoms with E-state index in [1.165, 1.54) is 0 Å². The average Bonchev–Trinajstić information content (AvgIpc) is 2.82. The number of halogens is 1. The van der Waals surface area contributed by atoms with Gasteiger partial charge in [0.2, 0.25) is 0 Å². The second-order valence-corrected chi connectivity index (χ2v) is 4.58. The van der Waals surface area contributed by atoms with Crippen LogP contribution in [0.5, 0.6) is 0 Å². The van der Waals surface area contributed by atoms with Gasteiger partial charge in [-0.3, -0.25) is 0 Å². The van der Waals surface area contributed by atoms with Gasteiger partial charge in [0.05, 0.1) is 5.69 Å². The molecule has 0 aliphatic heterocycles. The summed E-state index contributed by atoms with van der Waals surface area (Å²) < 4.78 is 1.70. The number of hydrogen-bond donors (Lipinski definition) is 1. The molecule has 1 atom stereocenters. The molecule has 2 heterocycles. The first-order valence-corrected chi connectivity index (χ1v) is 5.76. The molecule has 0 aliphatic carbocycles. The van der Waals surface area contributed by atoms with E-state index in [1.807, 2.05) is 19.2 Å². The maximum absolute atomic E-state index is 5.98. The van der Waals surface area contributed by atoms with E-state index < -0.39 is 0 Å². The third-order valence-electron chi connectivity index (χ3n) is 2.22. The van der Waals surface area contributed by atoms with E-state index >= 15 is 0 Å². The Morgan fingerprint density at radius 3 is 2.80 bits per heavy atom. The summed E-state index contributed by atoms with van der Waals surface area (Å²) in [6.07, 6.45) is 1.77. The van der Waals surface area contributed by atoms with Crippen molar-refractivity contribution in [3.63, 3.8) is 0 Å². The molecule has 4 nitrogen and oxygen atoms in total. The van der Waals surface area contributed by atoms with Crippen LogP contribution in [-0.4, -0.2) is 14.8 Å². The van der Waals surface area contributed by atoms with Crippen molar-refractivity contribution >= 4 is 28.8 Å². The van der Waals surface area contributed by atoms with E-state index in [1.54, 1.807) is 22.2 Å². The summed E-state index contributed by atoms with van der Waals surface area (Å²) in [5, 5.41) is 7.72. The molecule has 80 valence electrons. The zero-order valence-corrected chi connectivity index (χ0v) is 10.0. The molecule has 0 bridgehead atoms. The van der Waals surface area contributed by atoms with Crippen molar-refractivity contribution in [3.8, 4) is 0 Å². The van der Waals surface area contributed by atoms with E-state index in [4.69, 9.17) is 17.3 Å². The number of aryl methyl sites for hydroxylation is 1. The Balaban J connectivity index is 2.42. The van der Waals surface area contributed by atoms with Gasteiger partial charge in [-0.15, -0.1) is 11.3 Å². The van der Waals surface area contributed by atoms with E-state index in [9.17, 15) is 0 Å². The molecule has 6 heteroatoms. The van der Waals surface area contributed by atoms with Crippen LogP contribution in [0.3, 0.4) is 0 Å². The lowest BCUT2D eigenvalue weighted by atomic mass is 10.3. The van der Waals surface area contributed by atoms with Gasteiger partial charge in [0.25, 0.3) is 0 Å². The predicted molar refractivity (Wildman–Crippen MR) is 62.3 cm³/mol. The quantitative estimate of drug-likeness (QED) is 0.880. The van der Waals surface area contributed by atoms with Crippen LogP contribution in [0.2, 0.25) is 5.02 Å². The van der Waals surface area contributed by atoms with Gasteiger partial charge in [-0.05, 0) is 13.8 Å². The Bertz CT molecular complexity index is 463. The highest BCUT2D eigenvalue weighted by atomic mass is 35.5. The molecular weight excluding hydrogens is 232 g/mol. The predicted octanol–water partition coefficient (Wildman–Crippen LogP) is 2.49. The van der Waals surface area contributed by atoms with Crippen LogP contribution in [0.1, 0.15) is 23.7 Å². The van der Waals surface area contributed by atoms with Crippen molar-refractivity contribution in [2.24, 2.45) is 0 Å².